The molecule has 71 heavy (non-hydrogen) atoms. The number of alkyl halides is 3. The van der Waals surface area contributed by atoms with Gasteiger partial charge in [-0.2, -0.15) is 13.2 Å². The number of nitrogens with zero attached hydrogens (tertiary/aromatic N) is 3. The molecule has 2 aliphatic rings. The zero-order valence-corrected chi connectivity index (χ0v) is 42.3. The van der Waals surface area contributed by atoms with Gasteiger partial charge in [0.15, 0.2) is 0 Å². The number of amides is 1. The minimum Gasteiger partial charge on any atom is -0.388 e. The maximum absolute atomic E-state index is 14.3. The molecule has 5 N–H and O–H groups in total. The van der Waals surface area contributed by atoms with Crippen molar-refractivity contribution >= 4 is 68.3 Å². The van der Waals surface area contributed by atoms with Crippen LogP contribution in [0.4, 0.5) is 24.5 Å². The molecule has 0 saturated carbocycles. The van der Waals surface area contributed by atoms with E-state index in [1.165, 1.54) is 23.9 Å². The van der Waals surface area contributed by atoms with Crippen LogP contribution in [0.2, 0.25) is 5.02 Å². The smallest absolute Gasteiger partial charge is 0.388 e. The summed E-state index contributed by atoms with van der Waals surface area (Å²) in [4.78, 5) is 36.1. The summed E-state index contributed by atoms with van der Waals surface area (Å²) in [6, 6.07) is 32.1. The quantitative estimate of drug-likeness (QED) is 0.0369. The molecule has 0 aliphatic carbocycles. The zero-order valence-electron chi connectivity index (χ0n) is 38.2. The van der Waals surface area contributed by atoms with Gasteiger partial charge in [-0.1, -0.05) is 66.2 Å². The third kappa shape index (κ3) is 14.6. The highest BCUT2D eigenvalue weighted by Crippen LogP contribution is 2.39. The van der Waals surface area contributed by atoms with Crippen molar-refractivity contribution in [1.29, 1.82) is 0 Å². The number of carbonyl (C=O) groups is 1. The highest BCUT2D eigenvalue weighted by Gasteiger charge is 2.48. The summed E-state index contributed by atoms with van der Waals surface area (Å²) in [5, 5.41) is 15.1. The second-order valence-corrected chi connectivity index (χ2v) is 23.6. The van der Waals surface area contributed by atoms with Gasteiger partial charge in [0.05, 0.1) is 23.3 Å². The lowest BCUT2D eigenvalue weighted by molar-refractivity contribution is -0.0436. The molecular weight excluding hydrogens is 1030 g/mol. The van der Waals surface area contributed by atoms with Crippen molar-refractivity contribution in [2.24, 2.45) is 5.92 Å². The Morgan fingerprint density at radius 2 is 1.44 bits per heavy atom. The van der Waals surface area contributed by atoms with Gasteiger partial charge in [0.1, 0.15) is 4.90 Å². The Kier molecular flexibility index (Phi) is 18.0. The van der Waals surface area contributed by atoms with E-state index < -0.39 is 66.7 Å². The summed E-state index contributed by atoms with van der Waals surface area (Å²) < 4.78 is 114. The highest BCUT2D eigenvalue weighted by molar-refractivity contribution is 7.99. The Balaban J connectivity index is 1.01. The van der Waals surface area contributed by atoms with Crippen LogP contribution in [0, 0.1) is 5.92 Å². The Hall–Kier alpha value is -4.51. The molecule has 2 fully saturated rings. The number of aliphatic hydroxyl groups is 1. The second kappa shape index (κ2) is 23.6. The molecule has 0 aromatic heterocycles. The molecule has 0 spiro atoms. The number of aliphatic hydroxyl groups excluding tert-OH is 1. The van der Waals surface area contributed by atoms with E-state index in [0.29, 0.717) is 82.7 Å². The van der Waals surface area contributed by atoms with Crippen LogP contribution in [-0.4, -0.2) is 124 Å². The average Bonchev–Trinajstić information content (AvgIpc) is 3.35. The Bertz CT molecular complexity index is 2870. The molecule has 1 amide bonds. The number of halogens is 4. The first-order chi connectivity index (χ1) is 33.7. The number of rotatable bonds is 20. The monoisotopic (exact) mass is 1080 g/mol. The summed E-state index contributed by atoms with van der Waals surface area (Å²) in [6.07, 6.45) is 0.937. The fraction of sp³-hybridized carbons (Fsp3) is 0.354. The molecule has 5 aromatic rings. The molecular formula is C48H54ClF3N5O10PS3. The van der Waals surface area contributed by atoms with Crippen molar-refractivity contribution < 1.29 is 58.8 Å². The number of thioether (sulfide) groups is 1. The van der Waals surface area contributed by atoms with Gasteiger partial charge in [-0.25, -0.2) is 26.1 Å². The number of carbonyl (C=O) groups excluding carboxylic acids is 1. The molecule has 1 unspecified atom stereocenters. The SMILES string of the molecule is O=C(NS(=O)(=O)c1ccc(NC(CCN2CCN(CCOP(=O)(O)O)CC2)CSc2ccccc2)c(S(=O)(=O)C(F)(F)F)c1)c1ccc(N2CCC([C@@H](O)c3ccccc3-c3ccc(Cl)cc3)CC2)cc1. The standard InChI is InChI=1S/C48H54ClF3N5O10PS3/c49-37-14-10-34(11-15-37)42-8-4-5-9-43(42)46(58)35-20-24-57(25-21-35)39-16-12-36(13-17-39)47(59)54-71(65,66)41-18-19-44(45(32-41)70(63,64)48(50,51)52)53-38(33-69-40-6-2-1-3-7-40)22-23-55-26-28-56(29-27-55)30-31-67-68(60,61)62/h1-19,32,35,38,46,53,58H,20-31,33H2,(H,54,59)(H2,60,61,62)/t38?,46-/m1/s1. The predicted molar refractivity (Wildman–Crippen MR) is 268 cm³/mol. The average molecular weight is 1080 g/mol. The first kappa shape index (κ1) is 54.3. The van der Waals surface area contributed by atoms with Crippen LogP contribution >= 0.6 is 31.2 Å². The summed E-state index contributed by atoms with van der Waals surface area (Å²) in [5.74, 6) is -0.841. The molecule has 382 valence electrons. The molecule has 0 radical (unpaired) electrons. The van der Waals surface area contributed by atoms with Crippen LogP contribution in [0.5, 0.6) is 0 Å². The van der Waals surface area contributed by atoms with E-state index in [9.17, 15) is 44.5 Å². The van der Waals surface area contributed by atoms with Crippen LogP contribution in [-0.2, 0) is 28.9 Å². The lowest BCUT2D eigenvalue weighted by atomic mass is 9.84. The van der Waals surface area contributed by atoms with Gasteiger partial charge < -0.3 is 30.0 Å². The number of hydrogen-bond acceptors (Lipinski definition) is 13. The first-order valence-corrected chi connectivity index (χ1v) is 28.5. The summed E-state index contributed by atoms with van der Waals surface area (Å²) >= 11 is 7.49. The van der Waals surface area contributed by atoms with E-state index in [4.69, 9.17) is 21.4 Å². The van der Waals surface area contributed by atoms with E-state index in [1.54, 1.807) is 24.3 Å². The fourth-order valence-corrected chi connectivity index (χ4v) is 12.0. The lowest BCUT2D eigenvalue weighted by Gasteiger charge is -2.36. The fourth-order valence-electron chi connectivity index (χ4n) is 8.57. The molecule has 2 aliphatic heterocycles. The van der Waals surface area contributed by atoms with Crippen molar-refractivity contribution in [1.82, 2.24) is 14.5 Å². The van der Waals surface area contributed by atoms with Crippen molar-refractivity contribution in [3.63, 3.8) is 0 Å². The first-order valence-electron chi connectivity index (χ1n) is 22.7. The topological polar surface area (TPSA) is 206 Å². The van der Waals surface area contributed by atoms with E-state index in [0.717, 1.165) is 39.4 Å². The van der Waals surface area contributed by atoms with Gasteiger partial charge >= 0.3 is 13.3 Å². The maximum Gasteiger partial charge on any atom is 0.501 e. The minimum atomic E-state index is -6.14. The van der Waals surface area contributed by atoms with Crippen molar-refractivity contribution in [3.8, 4) is 11.1 Å². The Morgan fingerprint density at radius 1 is 0.817 bits per heavy atom. The van der Waals surface area contributed by atoms with E-state index in [2.05, 4.69) is 19.6 Å². The molecule has 2 heterocycles. The van der Waals surface area contributed by atoms with Gasteiger partial charge in [-0.3, -0.25) is 14.2 Å². The molecule has 7 rings (SSSR count). The number of piperazine rings is 1. The number of phosphoric acid groups is 1. The molecule has 23 heteroatoms. The van der Waals surface area contributed by atoms with E-state index in [-0.39, 0.29) is 23.8 Å². The Morgan fingerprint density at radius 3 is 2.07 bits per heavy atom. The van der Waals surface area contributed by atoms with Crippen molar-refractivity contribution in [2.45, 2.75) is 51.6 Å². The van der Waals surface area contributed by atoms with Crippen LogP contribution in [0.1, 0.15) is 41.3 Å². The van der Waals surface area contributed by atoms with Gasteiger partial charge in [0, 0.05) is 85.3 Å². The van der Waals surface area contributed by atoms with Crippen LogP contribution in [0.3, 0.4) is 0 Å². The lowest BCUT2D eigenvalue weighted by Crippen LogP contribution is -2.48. The number of sulfonamides is 1. The van der Waals surface area contributed by atoms with Gasteiger partial charge in [0.25, 0.3) is 25.8 Å². The van der Waals surface area contributed by atoms with Crippen molar-refractivity contribution in [3.05, 3.63) is 137 Å². The number of benzene rings is 5. The Labute approximate surface area is 420 Å². The third-order valence-corrected chi connectivity index (χ3v) is 17.3. The second-order valence-electron chi connectivity index (χ2n) is 17.2. The normalized spacial score (nSPS) is 16.6. The minimum absolute atomic E-state index is 0.0361. The number of nitrogens with one attached hydrogen (secondary N) is 2. The zero-order chi connectivity index (χ0) is 51.0. The molecule has 2 atom stereocenters. The molecule has 2 saturated heterocycles. The number of anilines is 2. The van der Waals surface area contributed by atoms with Crippen LogP contribution in [0.15, 0.2) is 136 Å². The molecule has 5 aromatic carbocycles. The van der Waals surface area contributed by atoms with E-state index in [1.807, 2.05) is 76.4 Å². The number of hydrogen-bond donors (Lipinski definition) is 5. The van der Waals surface area contributed by atoms with Crippen LogP contribution in [0.25, 0.3) is 11.1 Å². The summed E-state index contributed by atoms with van der Waals surface area (Å²) in [6.45, 7) is 4.03. The molecule has 0 bridgehead atoms. The number of sulfone groups is 1. The van der Waals surface area contributed by atoms with Crippen LogP contribution < -0.4 is 14.9 Å². The van der Waals surface area contributed by atoms with Gasteiger partial charge in [-0.05, 0) is 109 Å². The number of piperidine rings is 1. The maximum atomic E-state index is 14.3. The highest BCUT2D eigenvalue weighted by atomic mass is 35.5. The summed E-state index contributed by atoms with van der Waals surface area (Å²) in [7, 11) is -15.7. The van der Waals surface area contributed by atoms with Gasteiger partial charge in [0.2, 0.25) is 0 Å². The summed E-state index contributed by atoms with van der Waals surface area (Å²) in [5.41, 5.74) is -2.93. The van der Waals surface area contributed by atoms with Crippen molar-refractivity contribution in [2.75, 3.05) is 74.9 Å². The van der Waals surface area contributed by atoms with Gasteiger partial charge in [-0.15, -0.1) is 11.8 Å². The van der Waals surface area contributed by atoms with E-state index >= 15 is 0 Å². The third-order valence-electron chi connectivity index (χ3n) is 12.5. The number of phosphoric ester groups is 1. The predicted octanol–water partition coefficient (Wildman–Crippen LogP) is 8.06. The largest absolute Gasteiger partial charge is 0.501 e. The molecule has 15 nitrogen and oxygen atoms in total.